The van der Waals surface area contributed by atoms with E-state index in [0.29, 0.717) is 22.4 Å². The summed E-state index contributed by atoms with van der Waals surface area (Å²) in [5.41, 5.74) is 5.64. The van der Waals surface area contributed by atoms with Gasteiger partial charge in [0.15, 0.2) is 5.11 Å². The van der Waals surface area contributed by atoms with Gasteiger partial charge < -0.3 is 29.6 Å². The van der Waals surface area contributed by atoms with E-state index in [1.807, 2.05) is 30.3 Å². The lowest BCUT2D eigenvalue weighted by molar-refractivity contribution is -0.119. The highest BCUT2D eigenvalue weighted by atomic mass is 35.5. The number of carbonyl (C=O) groups is 1. The molecule has 3 aromatic rings. The number of hydrogen-bond acceptors (Lipinski definition) is 5. The van der Waals surface area contributed by atoms with Gasteiger partial charge >= 0.3 is 0 Å². The summed E-state index contributed by atoms with van der Waals surface area (Å²) in [5, 5.41) is 7.23. The van der Waals surface area contributed by atoms with Crippen LogP contribution in [-0.2, 0) is 20.8 Å². The lowest BCUT2D eigenvalue weighted by Gasteiger charge is -2.28. The second-order valence-corrected chi connectivity index (χ2v) is 9.41. The van der Waals surface area contributed by atoms with Crippen LogP contribution in [0.1, 0.15) is 34.7 Å². The molecular formula is C26H30ClN5O3S. The Kier molecular flexibility index (Phi) is 8.25. The van der Waals surface area contributed by atoms with Crippen LogP contribution in [0.15, 0.2) is 48.7 Å². The van der Waals surface area contributed by atoms with Gasteiger partial charge in [-0.1, -0.05) is 17.7 Å². The van der Waals surface area contributed by atoms with Crippen molar-refractivity contribution in [3.8, 4) is 0 Å². The average molecular weight is 528 g/mol. The molecule has 36 heavy (non-hydrogen) atoms. The average Bonchev–Trinajstić information content (AvgIpc) is 3.35. The van der Waals surface area contributed by atoms with Gasteiger partial charge in [0, 0.05) is 44.0 Å². The highest BCUT2D eigenvalue weighted by Gasteiger charge is 2.42. The third-order valence-electron chi connectivity index (χ3n) is 6.33. The largest absolute Gasteiger partial charge is 0.383 e. The van der Waals surface area contributed by atoms with Crippen molar-refractivity contribution >= 4 is 46.2 Å². The Hall–Kier alpha value is -2.98. The van der Waals surface area contributed by atoms with Crippen molar-refractivity contribution in [1.82, 2.24) is 14.9 Å². The van der Waals surface area contributed by atoms with Gasteiger partial charge in [0.2, 0.25) is 5.91 Å². The molecule has 1 saturated heterocycles. The van der Waals surface area contributed by atoms with Crippen LogP contribution in [0.2, 0.25) is 5.02 Å². The van der Waals surface area contributed by atoms with Crippen LogP contribution in [0.5, 0.6) is 0 Å². The number of carbonyl (C=O) groups excluding carboxylic acids is 1. The second kappa shape index (κ2) is 11.4. The van der Waals surface area contributed by atoms with Gasteiger partial charge in [-0.25, -0.2) is 0 Å². The van der Waals surface area contributed by atoms with Crippen molar-refractivity contribution in [2.75, 3.05) is 37.7 Å². The van der Waals surface area contributed by atoms with Gasteiger partial charge in [0.25, 0.3) is 0 Å². The Morgan fingerprint density at radius 1 is 1.19 bits per heavy atom. The lowest BCUT2D eigenvalue weighted by atomic mass is 9.96. The Labute approximate surface area is 221 Å². The number of hydrogen-bond donors (Lipinski definition) is 2. The van der Waals surface area contributed by atoms with E-state index in [0.717, 1.165) is 34.9 Å². The normalized spacial score (nSPS) is 17.4. The molecule has 2 N–H and O–H groups in total. The molecule has 2 aromatic heterocycles. The number of ether oxygens (including phenoxy) is 2. The third-order valence-corrected chi connectivity index (χ3v) is 6.96. The molecule has 0 spiro atoms. The second-order valence-electron chi connectivity index (χ2n) is 8.61. The number of rotatable bonds is 9. The summed E-state index contributed by atoms with van der Waals surface area (Å²) < 4.78 is 12.5. The minimum atomic E-state index is -0.276. The van der Waals surface area contributed by atoms with Gasteiger partial charge in [-0.15, -0.1) is 0 Å². The number of benzene rings is 1. The fourth-order valence-corrected chi connectivity index (χ4v) is 5.24. The summed E-state index contributed by atoms with van der Waals surface area (Å²) in [6.07, 6.45) is 1.79. The molecule has 1 aliphatic rings. The molecule has 8 nitrogen and oxygen atoms in total. The molecule has 0 saturated carbocycles. The van der Waals surface area contributed by atoms with E-state index in [1.165, 1.54) is 7.11 Å². The number of pyridine rings is 1. The molecule has 1 fully saturated rings. The Balaban J connectivity index is 1.77. The smallest absolute Gasteiger partial charge is 0.250 e. The third kappa shape index (κ3) is 5.24. The van der Waals surface area contributed by atoms with Crippen molar-refractivity contribution in [2.45, 2.75) is 32.5 Å². The number of anilines is 2. The van der Waals surface area contributed by atoms with Crippen LogP contribution in [0.25, 0.3) is 0 Å². The lowest BCUT2D eigenvalue weighted by Crippen LogP contribution is -2.29. The Morgan fingerprint density at radius 3 is 2.67 bits per heavy atom. The number of thiocarbonyl (C=S) groups is 1. The standard InChI is InChI=1S/C26H30ClN5O3S/c1-16-13-19(17(2)31(16)11-12-34-3)25-24(22-7-5-6-10-28-22)30-26(36)32(25)18-8-9-21(20(27)14-18)29-23(33)15-35-4/h5-10,13-14,24-25H,11-12,15H2,1-4H3,(H,29,33)(H,30,36). The van der Waals surface area contributed by atoms with E-state index in [9.17, 15) is 4.79 Å². The van der Waals surface area contributed by atoms with Gasteiger partial charge in [-0.2, -0.15) is 0 Å². The van der Waals surface area contributed by atoms with Crippen LogP contribution < -0.4 is 15.5 Å². The molecule has 4 rings (SSSR count). The maximum Gasteiger partial charge on any atom is 0.250 e. The molecule has 1 aromatic carbocycles. The Bertz CT molecular complexity index is 1250. The van der Waals surface area contributed by atoms with Crippen LogP contribution >= 0.6 is 23.8 Å². The topological polar surface area (TPSA) is 80.7 Å². The molecule has 3 heterocycles. The van der Waals surface area contributed by atoms with E-state index in [4.69, 9.17) is 33.3 Å². The molecule has 1 amide bonds. The van der Waals surface area contributed by atoms with Crippen LogP contribution in [-0.4, -0.2) is 48.0 Å². The van der Waals surface area contributed by atoms with E-state index in [1.54, 1.807) is 19.4 Å². The zero-order valence-electron chi connectivity index (χ0n) is 20.7. The number of aromatic nitrogens is 2. The molecule has 190 valence electrons. The number of aryl methyl sites for hydroxylation is 1. The summed E-state index contributed by atoms with van der Waals surface area (Å²) in [6, 6.07) is 13.2. The number of nitrogens with one attached hydrogen (secondary N) is 2. The minimum absolute atomic E-state index is 0.0509. The fraction of sp³-hybridized carbons (Fsp3) is 0.346. The molecule has 1 aliphatic heterocycles. The molecule has 2 atom stereocenters. The van der Waals surface area contributed by atoms with Crippen molar-refractivity contribution in [3.05, 3.63) is 76.3 Å². The van der Waals surface area contributed by atoms with E-state index in [-0.39, 0.29) is 24.6 Å². The molecule has 0 aliphatic carbocycles. The minimum Gasteiger partial charge on any atom is -0.383 e. The summed E-state index contributed by atoms with van der Waals surface area (Å²) in [4.78, 5) is 18.7. The summed E-state index contributed by atoms with van der Waals surface area (Å²) in [7, 11) is 3.17. The van der Waals surface area contributed by atoms with Gasteiger partial charge in [-0.05, 0) is 68.0 Å². The van der Waals surface area contributed by atoms with Crippen LogP contribution in [0.3, 0.4) is 0 Å². The quantitative estimate of drug-likeness (QED) is 0.395. The van der Waals surface area contributed by atoms with Crippen molar-refractivity contribution in [1.29, 1.82) is 0 Å². The first kappa shape index (κ1) is 26.1. The molecule has 2 unspecified atom stereocenters. The predicted octanol–water partition coefficient (Wildman–Crippen LogP) is 4.56. The first-order valence-corrected chi connectivity index (χ1v) is 12.4. The van der Waals surface area contributed by atoms with Crippen molar-refractivity contribution in [3.63, 3.8) is 0 Å². The molecule has 0 radical (unpaired) electrons. The number of amides is 1. The zero-order valence-corrected chi connectivity index (χ0v) is 22.3. The summed E-state index contributed by atoms with van der Waals surface area (Å²) in [6.45, 7) is 5.55. The first-order chi connectivity index (χ1) is 17.3. The SMILES string of the molecule is COCCn1c(C)cc(C2C(c3ccccn3)NC(=S)N2c2ccc(NC(=O)COC)c(Cl)c2)c1C. The molecular weight excluding hydrogens is 498 g/mol. The highest BCUT2D eigenvalue weighted by Crippen LogP contribution is 2.44. The summed E-state index contributed by atoms with van der Waals surface area (Å²) in [5.74, 6) is -0.276. The first-order valence-electron chi connectivity index (χ1n) is 11.6. The van der Waals surface area contributed by atoms with E-state index >= 15 is 0 Å². The van der Waals surface area contributed by atoms with Crippen molar-refractivity contribution in [2.24, 2.45) is 0 Å². The van der Waals surface area contributed by atoms with Gasteiger partial charge in [-0.3, -0.25) is 9.78 Å². The zero-order chi connectivity index (χ0) is 25.8. The molecule has 0 bridgehead atoms. The monoisotopic (exact) mass is 527 g/mol. The maximum atomic E-state index is 12.0. The predicted molar refractivity (Wildman–Crippen MR) is 146 cm³/mol. The van der Waals surface area contributed by atoms with Crippen LogP contribution in [0.4, 0.5) is 11.4 Å². The number of nitrogens with zero attached hydrogens (tertiary/aromatic N) is 3. The van der Waals surface area contributed by atoms with Crippen LogP contribution in [0, 0.1) is 13.8 Å². The molecule has 10 heteroatoms. The van der Waals surface area contributed by atoms with E-state index in [2.05, 4.69) is 45.0 Å². The number of halogens is 1. The van der Waals surface area contributed by atoms with Gasteiger partial charge in [0.05, 0.1) is 35.1 Å². The fourth-order valence-electron chi connectivity index (χ4n) is 4.68. The van der Waals surface area contributed by atoms with E-state index < -0.39 is 0 Å². The van der Waals surface area contributed by atoms with Gasteiger partial charge in [0.1, 0.15) is 6.61 Å². The number of methoxy groups -OCH3 is 2. The highest BCUT2D eigenvalue weighted by molar-refractivity contribution is 7.80. The maximum absolute atomic E-state index is 12.0. The Morgan fingerprint density at radius 2 is 2.00 bits per heavy atom. The van der Waals surface area contributed by atoms with Crippen molar-refractivity contribution < 1.29 is 14.3 Å². The summed E-state index contributed by atoms with van der Waals surface area (Å²) >= 11 is 12.4.